The number of nitrogens with zero attached hydrogens (tertiary/aromatic N) is 2. The van der Waals surface area contributed by atoms with E-state index in [-0.39, 0.29) is 18.0 Å². The number of methoxy groups -OCH3 is 1. The van der Waals surface area contributed by atoms with Crippen molar-refractivity contribution < 1.29 is 18.7 Å². The number of anilines is 3. The summed E-state index contributed by atoms with van der Waals surface area (Å²) in [6.45, 7) is 1.94. The molecule has 1 aliphatic carbocycles. The lowest BCUT2D eigenvalue weighted by molar-refractivity contribution is 0.129. The second-order valence-corrected chi connectivity index (χ2v) is 7.95. The first-order valence-corrected chi connectivity index (χ1v) is 10.5. The van der Waals surface area contributed by atoms with Crippen LogP contribution in [0.2, 0.25) is 0 Å². The first-order chi connectivity index (χ1) is 15.4. The van der Waals surface area contributed by atoms with Crippen LogP contribution in [-0.2, 0) is 4.74 Å². The quantitative estimate of drug-likeness (QED) is 0.504. The molecule has 9 heteroatoms. The van der Waals surface area contributed by atoms with Crippen molar-refractivity contribution in [1.82, 2.24) is 15.3 Å². The Morgan fingerprint density at radius 1 is 1.16 bits per heavy atom. The van der Waals surface area contributed by atoms with Gasteiger partial charge in [0.25, 0.3) is 0 Å². The number of aryl methyl sites for hydroxylation is 1. The zero-order valence-corrected chi connectivity index (χ0v) is 18.0. The van der Waals surface area contributed by atoms with Gasteiger partial charge in [0.1, 0.15) is 23.7 Å². The van der Waals surface area contributed by atoms with Crippen molar-refractivity contribution in [1.29, 1.82) is 0 Å². The molecule has 0 radical (unpaired) electrons. The number of nitrogens with one attached hydrogen (secondary N) is 2. The molecular weight excluding hydrogens is 413 g/mol. The number of carbonyl (C=O) groups excluding carboxylic acids is 1. The maximum Gasteiger partial charge on any atom is 0.407 e. The third kappa shape index (κ3) is 4.82. The van der Waals surface area contributed by atoms with Crippen LogP contribution >= 0.6 is 0 Å². The van der Waals surface area contributed by atoms with Crippen molar-refractivity contribution in [2.75, 3.05) is 18.2 Å². The van der Waals surface area contributed by atoms with E-state index in [9.17, 15) is 9.18 Å². The average Bonchev–Trinajstić information content (AvgIpc) is 2.76. The van der Waals surface area contributed by atoms with Gasteiger partial charge >= 0.3 is 6.09 Å². The van der Waals surface area contributed by atoms with Gasteiger partial charge in [0, 0.05) is 23.2 Å². The third-order valence-electron chi connectivity index (χ3n) is 5.63. The summed E-state index contributed by atoms with van der Waals surface area (Å²) < 4.78 is 24.9. The zero-order chi connectivity index (χ0) is 22.7. The van der Waals surface area contributed by atoms with Gasteiger partial charge in [-0.1, -0.05) is 0 Å². The number of nitrogen functional groups attached to an aromatic ring is 1. The summed E-state index contributed by atoms with van der Waals surface area (Å²) >= 11 is 0. The molecule has 3 aromatic rings. The number of benzene rings is 2. The lowest BCUT2D eigenvalue weighted by Crippen LogP contribution is -2.39. The molecule has 0 unspecified atom stereocenters. The fraction of sp³-hybridized carbons (Fsp3) is 0.348. The molecule has 168 valence electrons. The number of nitrogens with two attached hydrogens (primary N) is 1. The molecule has 1 heterocycles. The summed E-state index contributed by atoms with van der Waals surface area (Å²) in [5.74, 6) is 0.618. The average molecular weight is 439 g/mol. The van der Waals surface area contributed by atoms with Crippen molar-refractivity contribution >= 4 is 34.2 Å². The van der Waals surface area contributed by atoms with Gasteiger partial charge < -0.3 is 25.8 Å². The lowest BCUT2D eigenvalue weighted by Gasteiger charge is -2.29. The van der Waals surface area contributed by atoms with Crippen LogP contribution in [0.15, 0.2) is 36.7 Å². The van der Waals surface area contributed by atoms with Gasteiger partial charge in [0.05, 0.1) is 24.4 Å². The molecule has 1 amide bonds. The Morgan fingerprint density at radius 2 is 1.94 bits per heavy atom. The molecule has 1 fully saturated rings. The van der Waals surface area contributed by atoms with Crippen LogP contribution in [0.1, 0.15) is 31.2 Å². The molecule has 0 atom stereocenters. The van der Waals surface area contributed by atoms with Gasteiger partial charge in [-0.25, -0.2) is 19.2 Å². The Balaban J connectivity index is 1.53. The van der Waals surface area contributed by atoms with E-state index < -0.39 is 6.09 Å². The predicted octanol–water partition coefficient (Wildman–Crippen LogP) is 4.45. The number of amides is 1. The SMILES string of the molecule is COC(=O)N[C@H]1CC[C@@H](Oc2cc(F)ccc2Nc2ncnc3cc(N)cc(C)c23)CC1. The van der Waals surface area contributed by atoms with E-state index in [0.717, 1.165) is 42.1 Å². The van der Waals surface area contributed by atoms with Gasteiger partial charge in [-0.05, 0) is 62.4 Å². The highest BCUT2D eigenvalue weighted by molar-refractivity contribution is 5.95. The van der Waals surface area contributed by atoms with Crippen LogP contribution in [0.25, 0.3) is 10.9 Å². The molecule has 0 spiro atoms. The molecule has 8 nitrogen and oxygen atoms in total. The molecule has 32 heavy (non-hydrogen) atoms. The van der Waals surface area contributed by atoms with E-state index in [4.69, 9.17) is 10.5 Å². The Kier molecular flexibility index (Phi) is 6.25. The summed E-state index contributed by atoms with van der Waals surface area (Å²) in [7, 11) is 1.35. The topological polar surface area (TPSA) is 111 Å². The highest BCUT2D eigenvalue weighted by Crippen LogP contribution is 2.34. The minimum Gasteiger partial charge on any atom is -0.488 e. The van der Waals surface area contributed by atoms with Gasteiger partial charge in [0.15, 0.2) is 0 Å². The fourth-order valence-corrected chi connectivity index (χ4v) is 4.07. The van der Waals surface area contributed by atoms with Crippen LogP contribution in [-0.4, -0.2) is 35.3 Å². The van der Waals surface area contributed by atoms with Crippen LogP contribution in [0.4, 0.5) is 26.4 Å². The highest BCUT2D eigenvalue weighted by atomic mass is 19.1. The molecule has 4 rings (SSSR count). The predicted molar refractivity (Wildman–Crippen MR) is 121 cm³/mol. The summed E-state index contributed by atoms with van der Waals surface area (Å²) in [5.41, 5.74) is 8.84. The Morgan fingerprint density at radius 3 is 2.69 bits per heavy atom. The van der Waals surface area contributed by atoms with E-state index in [1.165, 1.54) is 25.6 Å². The molecule has 0 saturated heterocycles. The number of halogens is 1. The van der Waals surface area contributed by atoms with E-state index in [2.05, 4.69) is 25.3 Å². The zero-order valence-electron chi connectivity index (χ0n) is 18.0. The monoisotopic (exact) mass is 439 g/mol. The number of fused-ring (bicyclic) bond motifs is 1. The molecule has 2 aromatic carbocycles. The first kappa shape index (κ1) is 21.6. The Bertz CT molecular complexity index is 1130. The normalized spacial score (nSPS) is 18.2. The number of alkyl carbamates (subject to hydrolysis) is 1. The second kappa shape index (κ2) is 9.25. The molecule has 1 aromatic heterocycles. The van der Waals surface area contributed by atoms with E-state index >= 15 is 0 Å². The number of aromatic nitrogens is 2. The van der Waals surface area contributed by atoms with E-state index in [1.54, 1.807) is 12.1 Å². The molecule has 4 N–H and O–H groups in total. The Hall–Kier alpha value is -3.62. The maximum absolute atomic E-state index is 14.0. The van der Waals surface area contributed by atoms with Crippen molar-refractivity contribution in [3.05, 3.63) is 48.0 Å². The summed E-state index contributed by atoms with van der Waals surface area (Å²) in [5, 5.41) is 6.94. The van der Waals surface area contributed by atoms with Gasteiger partial charge in [0.2, 0.25) is 0 Å². The van der Waals surface area contributed by atoms with Gasteiger partial charge in [-0.3, -0.25) is 0 Å². The number of hydrogen-bond acceptors (Lipinski definition) is 7. The third-order valence-corrected chi connectivity index (χ3v) is 5.63. The minimum atomic E-state index is -0.430. The van der Waals surface area contributed by atoms with Crippen LogP contribution in [0.5, 0.6) is 5.75 Å². The summed E-state index contributed by atoms with van der Waals surface area (Å²) in [6.07, 6.45) is 3.93. The summed E-state index contributed by atoms with van der Waals surface area (Å²) in [4.78, 5) is 20.1. The summed E-state index contributed by atoms with van der Waals surface area (Å²) in [6, 6.07) is 8.08. The van der Waals surface area contributed by atoms with E-state index in [0.29, 0.717) is 22.9 Å². The number of hydrogen-bond donors (Lipinski definition) is 3. The second-order valence-electron chi connectivity index (χ2n) is 7.95. The standard InChI is InChI=1S/C23H26FN5O3/c1-13-9-15(25)11-19-21(13)22(27-12-26-19)29-18-8-3-14(24)10-20(18)32-17-6-4-16(5-7-17)28-23(30)31-2/h3,8-12,16-17H,4-7,25H2,1-2H3,(H,28,30)(H,26,27,29)/t16-,17+. The molecule has 0 aliphatic heterocycles. The molecule has 1 aliphatic rings. The van der Waals surface area contributed by atoms with Crippen molar-refractivity contribution in [3.63, 3.8) is 0 Å². The number of ether oxygens (including phenoxy) is 2. The fourth-order valence-electron chi connectivity index (χ4n) is 4.07. The van der Waals surface area contributed by atoms with Crippen LogP contribution < -0.4 is 21.1 Å². The first-order valence-electron chi connectivity index (χ1n) is 10.5. The van der Waals surface area contributed by atoms with Gasteiger partial charge in [-0.15, -0.1) is 0 Å². The highest BCUT2D eigenvalue weighted by Gasteiger charge is 2.25. The largest absolute Gasteiger partial charge is 0.488 e. The minimum absolute atomic E-state index is 0.0511. The molecule has 1 saturated carbocycles. The number of rotatable bonds is 5. The van der Waals surface area contributed by atoms with Gasteiger partial charge in [-0.2, -0.15) is 0 Å². The van der Waals surface area contributed by atoms with Crippen molar-refractivity contribution in [2.45, 2.75) is 44.8 Å². The molecule has 0 bridgehead atoms. The Labute approximate surface area is 185 Å². The number of carbonyl (C=O) groups is 1. The van der Waals surface area contributed by atoms with Crippen LogP contribution in [0, 0.1) is 12.7 Å². The van der Waals surface area contributed by atoms with Crippen molar-refractivity contribution in [3.8, 4) is 5.75 Å². The van der Waals surface area contributed by atoms with E-state index in [1.807, 2.05) is 13.0 Å². The maximum atomic E-state index is 14.0. The molecular formula is C23H26FN5O3. The smallest absolute Gasteiger partial charge is 0.407 e. The lowest BCUT2D eigenvalue weighted by atomic mass is 9.93. The van der Waals surface area contributed by atoms with Crippen LogP contribution in [0.3, 0.4) is 0 Å². The van der Waals surface area contributed by atoms with Crippen molar-refractivity contribution in [2.24, 2.45) is 0 Å².